The Morgan fingerprint density at radius 2 is 1.79 bits per heavy atom. The van der Waals surface area contributed by atoms with Gasteiger partial charge in [0.1, 0.15) is 5.75 Å². The Kier molecular flexibility index (Phi) is 6.86. The molecule has 0 radical (unpaired) electrons. The van der Waals surface area contributed by atoms with Crippen molar-refractivity contribution in [2.24, 2.45) is 0 Å². The molecule has 1 N–H and O–H groups in total. The number of rotatable bonds is 8. The lowest BCUT2D eigenvalue weighted by Crippen LogP contribution is -2.26. The monoisotopic (exact) mass is 325 g/mol. The number of carbonyl (C=O) groups is 1. The third-order valence-electron chi connectivity index (χ3n) is 3.90. The predicted molar refractivity (Wildman–Crippen MR) is 98.4 cm³/mol. The molecule has 3 heteroatoms. The van der Waals surface area contributed by atoms with Gasteiger partial charge in [-0.1, -0.05) is 49.4 Å². The van der Waals surface area contributed by atoms with Crippen molar-refractivity contribution < 1.29 is 9.53 Å². The van der Waals surface area contributed by atoms with Gasteiger partial charge in [-0.25, -0.2) is 0 Å². The highest BCUT2D eigenvalue weighted by Crippen LogP contribution is 2.18. The van der Waals surface area contributed by atoms with E-state index in [0.29, 0.717) is 18.9 Å². The van der Waals surface area contributed by atoms with Crippen molar-refractivity contribution in [1.29, 1.82) is 0 Å². The summed E-state index contributed by atoms with van der Waals surface area (Å²) in [7, 11) is 0. The average molecular weight is 325 g/mol. The molecular formula is C21H27NO2. The Bertz CT molecular complexity index is 637. The zero-order valence-corrected chi connectivity index (χ0v) is 14.8. The van der Waals surface area contributed by atoms with E-state index in [-0.39, 0.29) is 12.0 Å². The van der Waals surface area contributed by atoms with E-state index < -0.39 is 0 Å². The van der Waals surface area contributed by atoms with Gasteiger partial charge < -0.3 is 10.1 Å². The molecule has 0 aromatic heterocycles. The molecule has 0 saturated heterocycles. The number of carbonyl (C=O) groups excluding carboxylic acids is 1. The van der Waals surface area contributed by atoms with Crippen LogP contribution in [0.15, 0.2) is 54.6 Å². The molecule has 1 unspecified atom stereocenters. The standard InChI is InChI=1S/C21H27NO2/c1-16(2)24-20-11-7-8-18(14-20)15-21(23)22-13-12-17(3)19-9-5-4-6-10-19/h4-11,14,16-17H,12-13,15H2,1-3H3,(H,22,23). The van der Waals surface area contributed by atoms with E-state index >= 15 is 0 Å². The van der Waals surface area contributed by atoms with Gasteiger partial charge in [0.2, 0.25) is 5.91 Å². The van der Waals surface area contributed by atoms with Crippen LogP contribution in [0.25, 0.3) is 0 Å². The minimum absolute atomic E-state index is 0.0527. The Hall–Kier alpha value is -2.29. The molecule has 0 fully saturated rings. The summed E-state index contributed by atoms with van der Waals surface area (Å²) in [5, 5.41) is 3.01. The van der Waals surface area contributed by atoms with Crippen LogP contribution in [0.2, 0.25) is 0 Å². The van der Waals surface area contributed by atoms with Crippen LogP contribution in [0.3, 0.4) is 0 Å². The quantitative estimate of drug-likeness (QED) is 0.784. The molecule has 0 aliphatic heterocycles. The molecule has 2 aromatic rings. The molecule has 1 atom stereocenters. The third-order valence-corrected chi connectivity index (χ3v) is 3.90. The maximum Gasteiger partial charge on any atom is 0.224 e. The van der Waals surface area contributed by atoms with E-state index in [1.165, 1.54) is 5.56 Å². The number of benzene rings is 2. The maximum absolute atomic E-state index is 12.1. The van der Waals surface area contributed by atoms with Gasteiger partial charge in [0.25, 0.3) is 0 Å². The van der Waals surface area contributed by atoms with Crippen molar-refractivity contribution in [3.8, 4) is 5.75 Å². The van der Waals surface area contributed by atoms with Gasteiger partial charge in [-0.2, -0.15) is 0 Å². The first kappa shape index (κ1) is 18.1. The van der Waals surface area contributed by atoms with Crippen molar-refractivity contribution in [2.45, 2.75) is 45.6 Å². The van der Waals surface area contributed by atoms with E-state index in [2.05, 4.69) is 36.5 Å². The molecule has 1 amide bonds. The average Bonchev–Trinajstić information content (AvgIpc) is 2.55. The molecule has 2 rings (SSSR count). The molecule has 3 nitrogen and oxygen atoms in total. The molecule has 0 aliphatic rings. The summed E-state index contributed by atoms with van der Waals surface area (Å²) in [6.45, 7) is 6.87. The van der Waals surface area contributed by atoms with Gasteiger partial charge in [-0.3, -0.25) is 4.79 Å². The highest BCUT2D eigenvalue weighted by molar-refractivity contribution is 5.78. The van der Waals surface area contributed by atoms with Crippen LogP contribution in [0.5, 0.6) is 5.75 Å². The number of ether oxygens (including phenoxy) is 1. The van der Waals surface area contributed by atoms with Crippen molar-refractivity contribution in [3.05, 3.63) is 65.7 Å². The summed E-state index contributed by atoms with van der Waals surface area (Å²) in [4.78, 5) is 12.1. The van der Waals surface area contributed by atoms with Crippen LogP contribution >= 0.6 is 0 Å². The normalized spacial score (nSPS) is 12.0. The van der Waals surface area contributed by atoms with Crippen molar-refractivity contribution >= 4 is 5.91 Å². The lowest BCUT2D eigenvalue weighted by molar-refractivity contribution is -0.120. The maximum atomic E-state index is 12.1. The molecule has 24 heavy (non-hydrogen) atoms. The molecule has 0 spiro atoms. The summed E-state index contributed by atoms with van der Waals surface area (Å²) < 4.78 is 5.67. The summed E-state index contributed by atoms with van der Waals surface area (Å²) in [6.07, 6.45) is 1.45. The fourth-order valence-electron chi connectivity index (χ4n) is 2.63. The fourth-order valence-corrected chi connectivity index (χ4v) is 2.63. The van der Waals surface area contributed by atoms with Gasteiger partial charge in [0.15, 0.2) is 0 Å². The predicted octanol–water partition coefficient (Wildman–Crippen LogP) is 4.33. The van der Waals surface area contributed by atoms with Crippen LogP contribution in [0, 0.1) is 0 Å². The molecule has 2 aromatic carbocycles. The van der Waals surface area contributed by atoms with Crippen molar-refractivity contribution in [1.82, 2.24) is 5.32 Å². The van der Waals surface area contributed by atoms with Gasteiger partial charge in [0, 0.05) is 6.54 Å². The highest BCUT2D eigenvalue weighted by atomic mass is 16.5. The fraction of sp³-hybridized carbons (Fsp3) is 0.381. The number of hydrogen-bond acceptors (Lipinski definition) is 2. The summed E-state index contributed by atoms with van der Waals surface area (Å²) in [6, 6.07) is 18.1. The minimum atomic E-state index is 0.0527. The van der Waals surface area contributed by atoms with Crippen LogP contribution in [0.1, 0.15) is 44.2 Å². The second-order valence-electron chi connectivity index (χ2n) is 6.44. The van der Waals surface area contributed by atoms with Crippen LogP contribution in [-0.2, 0) is 11.2 Å². The van der Waals surface area contributed by atoms with E-state index in [0.717, 1.165) is 17.7 Å². The van der Waals surface area contributed by atoms with Crippen molar-refractivity contribution in [3.63, 3.8) is 0 Å². The largest absolute Gasteiger partial charge is 0.491 e. The first-order chi connectivity index (χ1) is 11.5. The van der Waals surface area contributed by atoms with Gasteiger partial charge in [-0.05, 0) is 49.4 Å². The molecule has 0 bridgehead atoms. The minimum Gasteiger partial charge on any atom is -0.491 e. The topological polar surface area (TPSA) is 38.3 Å². The Balaban J connectivity index is 1.77. The molecule has 0 aliphatic carbocycles. The zero-order chi connectivity index (χ0) is 17.4. The Morgan fingerprint density at radius 3 is 2.50 bits per heavy atom. The van der Waals surface area contributed by atoms with E-state index in [1.54, 1.807) is 0 Å². The molecular weight excluding hydrogens is 298 g/mol. The molecule has 0 saturated carbocycles. The lowest BCUT2D eigenvalue weighted by Gasteiger charge is -2.13. The van der Waals surface area contributed by atoms with E-state index in [1.807, 2.05) is 44.2 Å². The third kappa shape index (κ3) is 6.07. The van der Waals surface area contributed by atoms with Crippen LogP contribution in [-0.4, -0.2) is 18.6 Å². The zero-order valence-electron chi connectivity index (χ0n) is 14.8. The van der Waals surface area contributed by atoms with Gasteiger partial charge in [-0.15, -0.1) is 0 Å². The summed E-state index contributed by atoms with van der Waals surface area (Å²) in [5.41, 5.74) is 2.28. The first-order valence-electron chi connectivity index (χ1n) is 8.62. The summed E-state index contributed by atoms with van der Waals surface area (Å²) >= 11 is 0. The van der Waals surface area contributed by atoms with E-state index in [9.17, 15) is 4.79 Å². The highest BCUT2D eigenvalue weighted by Gasteiger charge is 2.08. The number of amides is 1. The second kappa shape index (κ2) is 9.11. The van der Waals surface area contributed by atoms with Gasteiger partial charge >= 0.3 is 0 Å². The van der Waals surface area contributed by atoms with Crippen LogP contribution < -0.4 is 10.1 Å². The van der Waals surface area contributed by atoms with Crippen LogP contribution in [0.4, 0.5) is 0 Å². The smallest absolute Gasteiger partial charge is 0.224 e. The van der Waals surface area contributed by atoms with E-state index in [4.69, 9.17) is 4.74 Å². The Labute approximate surface area is 145 Å². The molecule has 128 valence electrons. The summed E-state index contributed by atoms with van der Waals surface area (Å²) in [5.74, 6) is 1.30. The lowest BCUT2D eigenvalue weighted by atomic mass is 9.98. The molecule has 0 heterocycles. The first-order valence-corrected chi connectivity index (χ1v) is 8.62. The van der Waals surface area contributed by atoms with Gasteiger partial charge in [0.05, 0.1) is 12.5 Å². The SMILES string of the molecule is CC(C)Oc1cccc(CC(=O)NCCC(C)c2ccccc2)c1. The Morgan fingerprint density at radius 1 is 1.04 bits per heavy atom. The second-order valence-corrected chi connectivity index (χ2v) is 6.44. The van der Waals surface area contributed by atoms with Crippen molar-refractivity contribution in [2.75, 3.05) is 6.54 Å². The number of hydrogen-bond donors (Lipinski definition) is 1. The number of nitrogens with one attached hydrogen (secondary N) is 1.